The molecule has 0 saturated heterocycles. The number of ether oxygens (including phenoxy) is 1. The lowest BCUT2D eigenvalue weighted by Crippen LogP contribution is -2.44. The van der Waals surface area contributed by atoms with Crippen molar-refractivity contribution in [2.45, 2.75) is 56.8 Å². The molecule has 0 aromatic heterocycles. The van der Waals surface area contributed by atoms with Crippen LogP contribution in [0.3, 0.4) is 0 Å². The van der Waals surface area contributed by atoms with Gasteiger partial charge in [0.2, 0.25) is 0 Å². The number of rotatable bonds is 5. The summed E-state index contributed by atoms with van der Waals surface area (Å²) in [5.41, 5.74) is -0.774. The Labute approximate surface area is 110 Å². The average Bonchev–Trinajstić information content (AvgIpc) is 2.36. The zero-order chi connectivity index (χ0) is 14.0. The highest BCUT2D eigenvalue weighted by Gasteiger charge is 2.40. The summed E-state index contributed by atoms with van der Waals surface area (Å²) in [6.07, 6.45) is 4.60. The number of carbonyl (C=O) groups excluding carboxylic acids is 1. The van der Waals surface area contributed by atoms with Gasteiger partial charge in [0.05, 0.1) is 5.25 Å². The van der Waals surface area contributed by atoms with Crippen molar-refractivity contribution in [1.29, 1.82) is 0 Å². The van der Waals surface area contributed by atoms with Crippen LogP contribution >= 0.6 is 0 Å². The molecular formula is C13H24O4S. The molecule has 0 N–H and O–H groups in total. The lowest BCUT2D eigenvalue weighted by molar-refractivity contribution is -0.144. The number of carbonyl (C=O) groups is 1. The Morgan fingerprint density at radius 1 is 1.39 bits per heavy atom. The number of hydrogen-bond acceptors (Lipinski definition) is 4. The van der Waals surface area contributed by atoms with E-state index >= 15 is 0 Å². The first kappa shape index (κ1) is 15.6. The fraction of sp³-hybridized carbons (Fsp3) is 0.923. The van der Waals surface area contributed by atoms with Crippen LogP contribution < -0.4 is 0 Å². The lowest BCUT2D eigenvalue weighted by atomic mass is 9.79. The Morgan fingerprint density at radius 2 is 2.00 bits per heavy atom. The van der Waals surface area contributed by atoms with E-state index in [-0.39, 0.29) is 17.0 Å². The predicted molar refractivity (Wildman–Crippen MR) is 71.3 cm³/mol. The minimum Gasteiger partial charge on any atom is -0.371 e. The molecule has 1 fully saturated rings. The molecule has 0 amide bonds. The highest BCUT2D eigenvalue weighted by molar-refractivity contribution is 7.91. The topological polar surface area (TPSA) is 60.4 Å². The van der Waals surface area contributed by atoms with E-state index in [1.165, 1.54) is 13.4 Å². The molecule has 3 atom stereocenters. The summed E-state index contributed by atoms with van der Waals surface area (Å²) in [4.78, 5) is 12.4. The summed E-state index contributed by atoms with van der Waals surface area (Å²) in [6.45, 7) is 3.71. The van der Waals surface area contributed by atoms with Gasteiger partial charge in [-0.15, -0.1) is 0 Å². The molecule has 4 nitrogen and oxygen atoms in total. The monoisotopic (exact) mass is 276 g/mol. The van der Waals surface area contributed by atoms with Gasteiger partial charge in [-0.3, -0.25) is 4.79 Å². The second-order valence-electron chi connectivity index (χ2n) is 5.47. The van der Waals surface area contributed by atoms with Crippen molar-refractivity contribution in [2.24, 2.45) is 5.92 Å². The summed E-state index contributed by atoms with van der Waals surface area (Å²) in [7, 11) is -1.50. The average molecular weight is 276 g/mol. The number of sulfone groups is 1. The predicted octanol–water partition coefficient (Wildman–Crippen LogP) is 1.97. The van der Waals surface area contributed by atoms with E-state index in [0.29, 0.717) is 19.3 Å². The van der Waals surface area contributed by atoms with E-state index in [2.05, 4.69) is 0 Å². The molecule has 106 valence electrons. The van der Waals surface area contributed by atoms with Gasteiger partial charge in [0.1, 0.15) is 15.4 Å². The molecule has 3 unspecified atom stereocenters. The Hall–Kier alpha value is -0.420. The maximum absolute atomic E-state index is 12.4. The maximum Gasteiger partial charge on any atom is 0.167 e. The van der Waals surface area contributed by atoms with E-state index < -0.39 is 15.4 Å². The maximum atomic E-state index is 12.4. The van der Waals surface area contributed by atoms with Crippen molar-refractivity contribution in [3.8, 4) is 0 Å². The molecule has 0 spiro atoms. The first-order valence-electron chi connectivity index (χ1n) is 6.53. The highest BCUT2D eigenvalue weighted by Crippen LogP contribution is 2.33. The Balaban J connectivity index is 2.82. The molecule has 0 aromatic rings. The van der Waals surface area contributed by atoms with Gasteiger partial charge in [0.15, 0.2) is 5.78 Å². The number of ketones is 1. The molecule has 1 rings (SSSR count). The number of methoxy groups -OCH3 is 1. The molecule has 1 aliphatic carbocycles. The van der Waals surface area contributed by atoms with E-state index in [1.54, 1.807) is 6.92 Å². The van der Waals surface area contributed by atoms with E-state index in [9.17, 15) is 13.2 Å². The van der Waals surface area contributed by atoms with Crippen LogP contribution in [0.5, 0.6) is 0 Å². The third-order valence-corrected chi connectivity index (χ3v) is 5.89. The first-order chi connectivity index (χ1) is 8.24. The van der Waals surface area contributed by atoms with E-state index in [4.69, 9.17) is 4.74 Å². The molecule has 1 aliphatic rings. The van der Waals surface area contributed by atoms with Crippen LogP contribution in [-0.4, -0.2) is 38.4 Å². The second kappa shape index (κ2) is 5.70. The lowest BCUT2D eigenvalue weighted by Gasteiger charge is -2.33. The Kier molecular flexibility index (Phi) is 4.95. The molecule has 1 saturated carbocycles. The van der Waals surface area contributed by atoms with Crippen molar-refractivity contribution < 1.29 is 17.9 Å². The van der Waals surface area contributed by atoms with Gasteiger partial charge in [-0.1, -0.05) is 13.3 Å². The quantitative estimate of drug-likeness (QED) is 0.770. The Bertz CT molecular complexity index is 395. The minimum absolute atomic E-state index is 0.0563. The highest BCUT2D eigenvalue weighted by atomic mass is 32.2. The van der Waals surface area contributed by atoms with Crippen molar-refractivity contribution in [3.05, 3.63) is 0 Å². The largest absolute Gasteiger partial charge is 0.371 e. The molecule has 0 bridgehead atoms. The van der Waals surface area contributed by atoms with Gasteiger partial charge in [-0.25, -0.2) is 8.42 Å². The van der Waals surface area contributed by atoms with Crippen LogP contribution in [0.25, 0.3) is 0 Å². The number of Topliss-reactive ketones (excluding diaryl/α,β-unsaturated/α-hetero) is 1. The third-order valence-electron chi connectivity index (χ3n) is 4.25. The molecule has 0 aliphatic heterocycles. The molecular weight excluding hydrogens is 252 g/mol. The molecule has 0 heterocycles. The molecule has 0 aromatic carbocycles. The Morgan fingerprint density at radius 3 is 2.44 bits per heavy atom. The van der Waals surface area contributed by atoms with Crippen LogP contribution in [0.4, 0.5) is 0 Å². The molecule has 0 radical (unpaired) electrons. The van der Waals surface area contributed by atoms with Crippen LogP contribution in [0.1, 0.15) is 46.0 Å². The van der Waals surface area contributed by atoms with Crippen molar-refractivity contribution in [2.75, 3.05) is 13.4 Å². The van der Waals surface area contributed by atoms with Crippen molar-refractivity contribution in [1.82, 2.24) is 0 Å². The molecule has 18 heavy (non-hydrogen) atoms. The summed E-state index contributed by atoms with van der Waals surface area (Å²) >= 11 is 0. The third kappa shape index (κ3) is 3.32. The van der Waals surface area contributed by atoms with Crippen LogP contribution in [0, 0.1) is 5.92 Å². The standard InChI is InChI=1S/C13H24O4S/c1-5-13(2,17-3)12(14)10-7-6-8-11(9-10)18(4,15)16/h10-11H,5-9H2,1-4H3. The summed E-state index contributed by atoms with van der Waals surface area (Å²) < 4.78 is 28.5. The zero-order valence-corrected chi connectivity index (χ0v) is 12.5. The van der Waals surface area contributed by atoms with Gasteiger partial charge in [0, 0.05) is 19.3 Å². The van der Waals surface area contributed by atoms with Gasteiger partial charge in [-0.05, 0) is 32.6 Å². The van der Waals surface area contributed by atoms with E-state index in [1.807, 2.05) is 6.92 Å². The SMILES string of the molecule is CCC(C)(OC)C(=O)C1CCCC(S(C)(=O)=O)C1. The van der Waals surface area contributed by atoms with Gasteiger partial charge in [0.25, 0.3) is 0 Å². The van der Waals surface area contributed by atoms with Gasteiger partial charge < -0.3 is 4.74 Å². The normalized spacial score (nSPS) is 28.7. The van der Waals surface area contributed by atoms with Crippen LogP contribution in [0.15, 0.2) is 0 Å². The van der Waals surface area contributed by atoms with Crippen molar-refractivity contribution >= 4 is 15.6 Å². The molecule has 5 heteroatoms. The van der Waals surface area contributed by atoms with E-state index in [0.717, 1.165) is 12.8 Å². The number of hydrogen-bond donors (Lipinski definition) is 0. The van der Waals surface area contributed by atoms with Crippen LogP contribution in [-0.2, 0) is 19.4 Å². The summed E-state index contributed by atoms with van der Waals surface area (Å²) in [5.74, 6) is -0.121. The smallest absolute Gasteiger partial charge is 0.167 e. The first-order valence-corrected chi connectivity index (χ1v) is 8.48. The van der Waals surface area contributed by atoms with Gasteiger partial charge in [-0.2, -0.15) is 0 Å². The summed E-state index contributed by atoms with van der Waals surface area (Å²) in [5, 5.41) is -0.363. The minimum atomic E-state index is -3.04. The zero-order valence-electron chi connectivity index (χ0n) is 11.7. The fourth-order valence-corrected chi connectivity index (χ4v) is 3.80. The fourth-order valence-electron chi connectivity index (χ4n) is 2.62. The van der Waals surface area contributed by atoms with Crippen LogP contribution in [0.2, 0.25) is 0 Å². The van der Waals surface area contributed by atoms with Gasteiger partial charge >= 0.3 is 0 Å². The van der Waals surface area contributed by atoms with Crippen molar-refractivity contribution in [3.63, 3.8) is 0 Å². The summed E-state index contributed by atoms with van der Waals surface area (Å²) in [6, 6.07) is 0. The second-order valence-corrected chi connectivity index (χ2v) is 7.79.